The Balaban J connectivity index is 1.28. The molecular formula is C37H40O5Si. The molecule has 4 aromatic carbocycles. The van der Waals surface area contributed by atoms with Crippen molar-refractivity contribution in [2.45, 2.75) is 44.6 Å². The van der Waals surface area contributed by atoms with Crippen LogP contribution in [0, 0.1) is 5.92 Å². The lowest BCUT2D eigenvalue weighted by molar-refractivity contribution is -0.145. The number of aliphatic hydroxyl groups excluding tert-OH is 1. The second-order valence-electron chi connectivity index (χ2n) is 11.2. The Kier molecular flexibility index (Phi) is 10.3. The number of ether oxygens (including phenoxy) is 3. The summed E-state index contributed by atoms with van der Waals surface area (Å²) >= 11 is 0. The van der Waals surface area contributed by atoms with Crippen LogP contribution >= 0.6 is 0 Å². The fourth-order valence-electron chi connectivity index (χ4n) is 6.14. The Morgan fingerprint density at radius 2 is 1.42 bits per heavy atom. The zero-order valence-electron chi connectivity index (χ0n) is 24.9. The van der Waals surface area contributed by atoms with Gasteiger partial charge in [-0.1, -0.05) is 109 Å². The van der Waals surface area contributed by atoms with E-state index in [0.717, 1.165) is 16.9 Å². The molecule has 4 aromatic rings. The lowest BCUT2D eigenvalue weighted by Crippen LogP contribution is -2.68. The van der Waals surface area contributed by atoms with Crippen molar-refractivity contribution in [3.63, 3.8) is 0 Å². The van der Waals surface area contributed by atoms with E-state index < -0.39 is 20.1 Å². The highest BCUT2D eigenvalue weighted by molar-refractivity contribution is 7.11. The van der Waals surface area contributed by atoms with Crippen LogP contribution < -0.4 is 20.3 Å². The largest absolute Gasteiger partial charge is 0.497 e. The topological polar surface area (TPSA) is 65.0 Å². The Morgan fingerprint density at radius 1 is 0.884 bits per heavy atom. The van der Waals surface area contributed by atoms with Crippen LogP contribution in [0.1, 0.15) is 25.3 Å². The summed E-state index contributed by atoms with van der Waals surface area (Å²) in [6.45, 7) is 2.91. The molecule has 2 unspecified atom stereocenters. The first-order chi connectivity index (χ1) is 21.0. The average Bonchev–Trinajstić information content (AvgIpc) is 3.43. The Bertz CT molecular complexity index is 1380. The van der Waals surface area contributed by atoms with E-state index >= 15 is 0 Å². The number of rotatable bonds is 13. The molecule has 3 atom stereocenters. The number of carbonyl (C=O) groups excluding carboxylic acids is 1. The number of cyclic esters (lactones) is 1. The second kappa shape index (κ2) is 14.5. The predicted octanol–water partition coefficient (Wildman–Crippen LogP) is 5.01. The normalized spacial score (nSPS) is 17.8. The van der Waals surface area contributed by atoms with Crippen molar-refractivity contribution >= 4 is 29.6 Å². The van der Waals surface area contributed by atoms with Crippen molar-refractivity contribution in [2.24, 2.45) is 5.92 Å². The molecule has 0 saturated carbocycles. The molecule has 1 heterocycles. The molecule has 0 spiro atoms. The van der Waals surface area contributed by atoms with Gasteiger partial charge in [-0.25, -0.2) is 0 Å². The molecule has 6 heteroatoms. The van der Waals surface area contributed by atoms with E-state index in [9.17, 15) is 9.90 Å². The van der Waals surface area contributed by atoms with Crippen molar-refractivity contribution in [3.8, 4) is 5.75 Å². The third-order valence-electron chi connectivity index (χ3n) is 8.44. The van der Waals surface area contributed by atoms with Gasteiger partial charge in [0.15, 0.2) is 8.07 Å². The maximum absolute atomic E-state index is 13.2. The van der Waals surface area contributed by atoms with Gasteiger partial charge in [0.2, 0.25) is 0 Å². The summed E-state index contributed by atoms with van der Waals surface area (Å²) in [7, 11) is -0.923. The van der Waals surface area contributed by atoms with E-state index in [2.05, 4.69) is 72.8 Å². The molecule has 1 N–H and O–H groups in total. The van der Waals surface area contributed by atoms with Crippen molar-refractivity contribution in [3.05, 3.63) is 132 Å². The quantitative estimate of drug-likeness (QED) is 0.0778. The van der Waals surface area contributed by atoms with Gasteiger partial charge in [-0.2, -0.15) is 0 Å². The Labute approximate surface area is 255 Å². The number of hydrogen-bond acceptors (Lipinski definition) is 5. The summed E-state index contributed by atoms with van der Waals surface area (Å²) in [5.41, 5.74) is 1.84. The van der Waals surface area contributed by atoms with E-state index in [1.807, 2.05) is 55.5 Å². The zero-order chi connectivity index (χ0) is 30.1. The molecular weight excluding hydrogens is 552 g/mol. The first kappa shape index (κ1) is 30.5. The van der Waals surface area contributed by atoms with Gasteiger partial charge < -0.3 is 19.3 Å². The smallest absolute Gasteiger partial charge is 0.312 e. The van der Waals surface area contributed by atoms with Crippen molar-refractivity contribution in [1.29, 1.82) is 0 Å². The van der Waals surface area contributed by atoms with E-state index in [-0.39, 0.29) is 12.1 Å². The molecule has 43 heavy (non-hydrogen) atoms. The van der Waals surface area contributed by atoms with Gasteiger partial charge in [-0.3, -0.25) is 4.79 Å². The highest BCUT2D eigenvalue weighted by Crippen LogP contribution is 2.32. The maximum Gasteiger partial charge on any atom is 0.312 e. The van der Waals surface area contributed by atoms with Gasteiger partial charge in [0.1, 0.15) is 11.9 Å². The minimum Gasteiger partial charge on any atom is -0.497 e. The second-order valence-corrected chi connectivity index (χ2v) is 15.1. The number of esters is 1. The van der Waals surface area contributed by atoms with Crippen LogP contribution in [0.4, 0.5) is 0 Å². The fraction of sp³-hybridized carbons (Fsp3) is 0.270. The predicted molar refractivity (Wildman–Crippen MR) is 174 cm³/mol. The molecule has 5 rings (SSSR count). The van der Waals surface area contributed by atoms with Gasteiger partial charge in [0.25, 0.3) is 0 Å². The molecule has 222 valence electrons. The van der Waals surface area contributed by atoms with Crippen molar-refractivity contribution in [2.75, 3.05) is 13.7 Å². The molecule has 0 aliphatic carbocycles. The van der Waals surface area contributed by atoms with Crippen LogP contribution in [0.25, 0.3) is 0 Å². The molecule has 1 saturated heterocycles. The van der Waals surface area contributed by atoms with E-state index in [0.29, 0.717) is 32.1 Å². The van der Waals surface area contributed by atoms with Gasteiger partial charge >= 0.3 is 5.97 Å². The number of benzene rings is 4. The minimum absolute atomic E-state index is 0.292. The van der Waals surface area contributed by atoms with Crippen LogP contribution in [0.3, 0.4) is 0 Å². The van der Waals surface area contributed by atoms with Gasteiger partial charge in [-0.05, 0) is 58.2 Å². The fourth-order valence-corrected chi connectivity index (χ4v) is 11.1. The van der Waals surface area contributed by atoms with Crippen molar-refractivity contribution in [1.82, 2.24) is 0 Å². The molecule has 0 radical (unpaired) electrons. The molecule has 1 aliphatic rings. The van der Waals surface area contributed by atoms with Crippen LogP contribution in [0.5, 0.6) is 5.75 Å². The third-order valence-corrected chi connectivity index (χ3v) is 13.5. The van der Waals surface area contributed by atoms with Crippen LogP contribution in [-0.2, 0) is 20.9 Å². The lowest BCUT2D eigenvalue weighted by atomic mass is 9.93. The summed E-state index contributed by atoms with van der Waals surface area (Å²) in [5.74, 6) is -0.0919. The average molecular weight is 593 g/mol. The van der Waals surface area contributed by atoms with Gasteiger partial charge in [0, 0.05) is 6.42 Å². The SMILES string of the molecule is COc1ccc(COCC/C=C(\C)C(O)C2C[C@H](C[Si](c3ccccc3)(c3ccccc3)c3ccccc3)OC2=O)cc1. The van der Waals surface area contributed by atoms with Gasteiger partial charge in [-0.15, -0.1) is 0 Å². The third kappa shape index (κ3) is 7.16. The number of carbonyl (C=O) groups is 1. The number of aliphatic hydroxyl groups is 1. The molecule has 5 nitrogen and oxygen atoms in total. The summed E-state index contributed by atoms with van der Waals surface area (Å²) in [6.07, 6.45) is 1.92. The number of methoxy groups -OCH3 is 1. The summed E-state index contributed by atoms with van der Waals surface area (Å²) < 4.78 is 17.1. The highest BCUT2D eigenvalue weighted by atomic mass is 28.3. The van der Waals surface area contributed by atoms with E-state index in [4.69, 9.17) is 14.2 Å². The zero-order valence-corrected chi connectivity index (χ0v) is 25.9. The Hall–Kier alpha value is -3.97. The minimum atomic E-state index is -2.57. The molecule has 0 amide bonds. The van der Waals surface area contributed by atoms with Crippen molar-refractivity contribution < 1.29 is 24.1 Å². The van der Waals surface area contributed by atoms with Crippen LogP contribution in [0.15, 0.2) is 127 Å². The summed E-state index contributed by atoms with van der Waals surface area (Å²) in [4.78, 5) is 13.2. The Morgan fingerprint density at radius 3 is 1.93 bits per heavy atom. The monoisotopic (exact) mass is 592 g/mol. The van der Waals surface area contributed by atoms with Crippen LogP contribution in [-0.4, -0.2) is 45.1 Å². The highest BCUT2D eigenvalue weighted by Gasteiger charge is 2.47. The lowest BCUT2D eigenvalue weighted by Gasteiger charge is -2.35. The van der Waals surface area contributed by atoms with Gasteiger partial charge in [0.05, 0.1) is 32.3 Å². The number of hydrogen-bond donors (Lipinski definition) is 1. The molecule has 0 bridgehead atoms. The molecule has 0 aromatic heterocycles. The maximum atomic E-state index is 13.2. The van der Waals surface area contributed by atoms with Crippen LogP contribution in [0.2, 0.25) is 6.04 Å². The first-order valence-corrected chi connectivity index (χ1v) is 17.1. The first-order valence-electron chi connectivity index (χ1n) is 14.9. The molecule has 1 aliphatic heterocycles. The van der Waals surface area contributed by atoms with E-state index in [1.54, 1.807) is 7.11 Å². The van der Waals surface area contributed by atoms with E-state index in [1.165, 1.54) is 15.6 Å². The molecule has 1 fully saturated rings. The summed E-state index contributed by atoms with van der Waals surface area (Å²) in [5, 5.41) is 15.1. The summed E-state index contributed by atoms with van der Waals surface area (Å²) in [6, 6.07) is 40.4. The standard InChI is InChI=1S/C37H40O5Si/c1-28(13-12-24-41-26-29-20-22-30(40-2)23-21-29)36(38)35-25-31(42-37(35)39)27-43(32-14-6-3-7-15-32,33-16-8-4-9-17-33)34-18-10-5-11-19-34/h3-11,13-23,31,35-36,38H,12,24-27H2,1-2H3/b28-13+/t31-,35?,36?/m1/s1.